The first-order valence-electron chi connectivity index (χ1n) is 6.40. The van der Waals surface area contributed by atoms with Gasteiger partial charge in [0.05, 0.1) is 0 Å². The number of nitrogens with zero attached hydrogens (tertiary/aromatic N) is 1. The van der Waals surface area contributed by atoms with Crippen molar-refractivity contribution in [3.63, 3.8) is 0 Å². The van der Waals surface area contributed by atoms with Gasteiger partial charge in [-0.1, -0.05) is 19.9 Å². The Hall–Kier alpha value is -1.51. The Labute approximate surface area is 109 Å². The Morgan fingerprint density at radius 2 is 1.94 bits per heavy atom. The van der Waals surface area contributed by atoms with E-state index in [4.69, 9.17) is 0 Å². The number of rotatable bonds is 4. The third-order valence-electron chi connectivity index (χ3n) is 3.33. The molecule has 1 aromatic rings. The number of amides is 1. The first kappa shape index (κ1) is 14.6. The third-order valence-corrected chi connectivity index (χ3v) is 3.33. The number of phenolic OH excluding ortho intramolecular Hbond substituents is 1. The van der Waals surface area contributed by atoms with Crippen LogP contribution in [0.2, 0.25) is 0 Å². The lowest BCUT2D eigenvalue weighted by Gasteiger charge is -2.27. The van der Waals surface area contributed by atoms with Crippen LogP contribution < -0.4 is 0 Å². The van der Waals surface area contributed by atoms with Gasteiger partial charge >= 0.3 is 0 Å². The first-order valence-corrected chi connectivity index (χ1v) is 6.40. The molecule has 0 heterocycles. The van der Waals surface area contributed by atoms with E-state index in [1.807, 2.05) is 7.05 Å². The lowest BCUT2D eigenvalue weighted by atomic mass is 10.0. The fourth-order valence-corrected chi connectivity index (χ4v) is 2.09. The van der Waals surface area contributed by atoms with Gasteiger partial charge in [0.1, 0.15) is 5.75 Å². The van der Waals surface area contributed by atoms with E-state index in [0.29, 0.717) is 17.0 Å². The Morgan fingerprint density at radius 1 is 1.33 bits per heavy atom. The molecule has 0 aliphatic rings. The Bertz CT molecular complexity index is 427. The lowest BCUT2D eigenvalue weighted by molar-refractivity contribution is 0.0727. The van der Waals surface area contributed by atoms with Gasteiger partial charge in [-0.05, 0) is 38.3 Å². The van der Waals surface area contributed by atoms with Crippen molar-refractivity contribution in [2.75, 3.05) is 7.05 Å². The van der Waals surface area contributed by atoms with Crippen LogP contribution in [0.5, 0.6) is 5.75 Å². The van der Waals surface area contributed by atoms with Crippen LogP contribution in [0.1, 0.15) is 43.1 Å². The maximum Gasteiger partial charge on any atom is 0.254 e. The topological polar surface area (TPSA) is 40.5 Å². The number of hydrogen-bond donors (Lipinski definition) is 1. The van der Waals surface area contributed by atoms with Gasteiger partial charge < -0.3 is 10.0 Å². The summed E-state index contributed by atoms with van der Waals surface area (Å²) in [5.41, 5.74) is 1.22. The highest BCUT2D eigenvalue weighted by molar-refractivity contribution is 5.96. The molecule has 0 bridgehead atoms. The molecule has 3 heteroatoms. The van der Waals surface area contributed by atoms with Gasteiger partial charge in [0.15, 0.2) is 0 Å². The molecule has 1 atom stereocenters. The molecule has 0 aromatic heterocycles. The minimum atomic E-state index is -0.0310. The van der Waals surface area contributed by atoms with E-state index in [9.17, 15) is 9.90 Å². The highest BCUT2D eigenvalue weighted by Crippen LogP contribution is 2.22. The van der Waals surface area contributed by atoms with Gasteiger partial charge in [-0.2, -0.15) is 0 Å². The molecule has 100 valence electrons. The average molecular weight is 249 g/mol. The molecule has 3 nitrogen and oxygen atoms in total. The van der Waals surface area contributed by atoms with Crippen molar-refractivity contribution < 1.29 is 9.90 Å². The summed E-state index contributed by atoms with van der Waals surface area (Å²) < 4.78 is 0. The van der Waals surface area contributed by atoms with Crippen LogP contribution in [-0.4, -0.2) is 29.0 Å². The van der Waals surface area contributed by atoms with Gasteiger partial charge in [-0.3, -0.25) is 4.79 Å². The molecule has 0 aliphatic carbocycles. The number of hydrogen-bond acceptors (Lipinski definition) is 2. The molecule has 1 rings (SSSR count). The van der Waals surface area contributed by atoms with Gasteiger partial charge in [-0.25, -0.2) is 0 Å². The number of benzene rings is 1. The Morgan fingerprint density at radius 3 is 2.50 bits per heavy atom. The first-order chi connectivity index (χ1) is 8.34. The standard InChI is InChI=1S/C15H23NO2/c1-10(2)9-11(3)16(5)15(18)13-7-6-8-14(17)12(13)4/h6-8,10-11,17H,9H2,1-5H3. The molecule has 0 radical (unpaired) electrons. The molecule has 0 spiro atoms. The van der Waals surface area contributed by atoms with E-state index in [0.717, 1.165) is 6.42 Å². The van der Waals surface area contributed by atoms with Crippen molar-refractivity contribution in [3.8, 4) is 5.75 Å². The smallest absolute Gasteiger partial charge is 0.254 e. The zero-order valence-corrected chi connectivity index (χ0v) is 11.9. The van der Waals surface area contributed by atoms with Crippen molar-refractivity contribution >= 4 is 5.91 Å². The van der Waals surface area contributed by atoms with Gasteiger partial charge in [0, 0.05) is 24.2 Å². The van der Waals surface area contributed by atoms with Gasteiger partial charge in [-0.15, -0.1) is 0 Å². The summed E-state index contributed by atoms with van der Waals surface area (Å²) in [6.45, 7) is 8.11. The molecular formula is C15H23NO2. The van der Waals surface area contributed by atoms with Crippen LogP contribution in [0, 0.1) is 12.8 Å². The Kier molecular flexibility index (Phi) is 4.76. The zero-order chi connectivity index (χ0) is 13.9. The predicted molar refractivity (Wildman–Crippen MR) is 73.9 cm³/mol. The van der Waals surface area contributed by atoms with Crippen LogP contribution in [0.15, 0.2) is 18.2 Å². The van der Waals surface area contributed by atoms with E-state index in [-0.39, 0.29) is 17.7 Å². The lowest BCUT2D eigenvalue weighted by Crippen LogP contribution is -2.36. The maximum absolute atomic E-state index is 12.4. The molecule has 1 amide bonds. The van der Waals surface area contributed by atoms with Crippen molar-refractivity contribution in [3.05, 3.63) is 29.3 Å². The largest absolute Gasteiger partial charge is 0.508 e. The molecule has 18 heavy (non-hydrogen) atoms. The number of phenols is 1. The van der Waals surface area contributed by atoms with Gasteiger partial charge in [0.2, 0.25) is 0 Å². The van der Waals surface area contributed by atoms with Crippen molar-refractivity contribution in [2.45, 2.75) is 40.2 Å². The normalized spacial score (nSPS) is 12.6. The van der Waals surface area contributed by atoms with Crippen molar-refractivity contribution in [1.82, 2.24) is 4.90 Å². The second-order valence-corrected chi connectivity index (χ2v) is 5.34. The Balaban J connectivity index is 2.90. The van der Waals surface area contributed by atoms with Crippen molar-refractivity contribution in [1.29, 1.82) is 0 Å². The van der Waals surface area contributed by atoms with E-state index in [1.165, 1.54) is 0 Å². The van der Waals surface area contributed by atoms with Crippen LogP contribution in [0.4, 0.5) is 0 Å². The quantitative estimate of drug-likeness (QED) is 0.890. The van der Waals surface area contributed by atoms with Crippen LogP contribution in [-0.2, 0) is 0 Å². The summed E-state index contributed by atoms with van der Waals surface area (Å²) in [7, 11) is 1.82. The number of aromatic hydroxyl groups is 1. The zero-order valence-electron chi connectivity index (χ0n) is 11.9. The minimum Gasteiger partial charge on any atom is -0.508 e. The minimum absolute atomic E-state index is 0.0310. The predicted octanol–water partition coefficient (Wildman–Crippen LogP) is 3.21. The highest BCUT2D eigenvalue weighted by atomic mass is 16.3. The van der Waals surface area contributed by atoms with E-state index < -0.39 is 0 Å². The van der Waals surface area contributed by atoms with Crippen molar-refractivity contribution in [2.24, 2.45) is 5.92 Å². The molecular weight excluding hydrogens is 226 g/mol. The molecule has 1 unspecified atom stereocenters. The van der Waals surface area contributed by atoms with E-state index in [2.05, 4.69) is 20.8 Å². The number of carbonyl (C=O) groups excluding carboxylic acids is 1. The highest BCUT2D eigenvalue weighted by Gasteiger charge is 2.20. The molecule has 0 aliphatic heterocycles. The molecule has 0 fully saturated rings. The fraction of sp³-hybridized carbons (Fsp3) is 0.533. The monoisotopic (exact) mass is 249 g/mol. The van der Waals surface area contributed by atoms with Gasteiger partial charge in [0.25, 0.3) is 5.91 Å². The summed E-state index contributed by atoms with van der Waals surface area (Å²) >= 11 is 0. The summed E-state index contributed by atoms with van der Waals surface area (Å²) in [6.07, 6.45) is 0.972. The van der Waals surface area contributed by atoms with Crippen LogP contribution >= 0.6 is 0 Å². The molecule has 0 saturated heterocycles. The van der Waals surface area contributed by atoms with Crippen LogP contribution in [0.3, 0.4) is 0 Å². The fourth-order valence-electron chi connectivity index (χ4n) is 2.09. The molecule has 1 aromatic carbocycles. The second kappa shape index (κ2) is 5.89. The molecule has 1 N–H and O–H groups in total. The summed E-state index contributed by atoms with van der Waals surface area (Å²) in [4.78, 5) is 14.1. The molecule has 0 saturated carbocycles. The summed E-state index contributed by atoms with van der Waals surface area (Å²) in [6, 6.07) is 5.26. The van der Waals surface area contributed by atoms with Crippen LogP contribution in [0.25, 0.3) is 0 Å². The summed E-state index contributed by atoms with van der Waals surface area (Å²) in [5, 5.41) is 9.64. The maximum atomic E-state index is 12.4. The average Bonchev–Trinajstić information content (AvgIpc) is 2.30. The van der Waals surface area contributed by atoms with E-state index in [1.54, 1.807) is 30.0 Å². The second-order valence-electron chi connectivity index (χ2n) is 5.34. The third kappa shape index (κ3) is 3.25. The summed E-state index contributed by atoms with van der Waals surface area (Å²) in [5.74, 6) is 0.697. The number of carbonyl (C=O) groups is 1. The van der Waals surface area contributed by atoms with E-state index >= 15 is 0 Å². The SMILES string of the molecule is Cc1c(O)cccc1C(=O)N(C)C(C)CC(C)C.